The van der Waals surface area contributed by atoms with Gasteiger partial charge in [0.2, 0.25) is 17.8 Å². The van der Waals surface area contributed by atoms with E-state index < -0.39 is 0 Å². The van der Waals surface area contributed by atoms with Gasteiger partial charge in [0, 0.05) is 70.3 Å². The Bertz CT molecular complexity index is 974. The molecule has 32 heavy (non-hydrogen) atoms. The lowest BCUT2D eigenvalue weighted by Gasteiger charge is -2.34. The van der Waals surface area contributed by atoms with Gasteiger partial charge in [-0.3, -0.25) is 14.5 Å². The maximum absolute atomic E-state index is 12.7. The molecule has 3 heterocycles. The van der Waals surface area contributed by atoms with Crippen molar-refractivity contribution in [3.05, 3.63) is 47.8 Å². The van der Waals surface area contributed by atoms with Crippen molar-refractivity contribution >= 4 is 23.5 Å². The smallest absolute Gasteiger partial charge is 0.227 e. The third-order valence-electron chi connectivity index (χ3n) is 6.82. The number of carbonyl (C=O) groups excluding carboxylic acids is 2. The number of rotatable bonds is 6. The van der Waals surface area contributed by atoms with E-state index in [0.29, 0.717) is 19.5 Å². The van der Waals surface area contributed by atoms with E-state index in [9.17, 15) is 9.59 Å². The minimum atomic E-state index is -0.275. The van der Waals surface area contributed by atoms with Gasteiger partial charge >= 0.3 is 0 Å². The molecule has 2 aliphatic heterocycles. The highest BCUT2D eigenvalue weighted by molar-refractivity contribution is 6.00. The van der Waals surface area contributed by atoms with E-state index in [0.717, 1.165) is 57.2 Å². The number of anilines is 2. The molecule has 0 saturated carbocycles. The van der Waals surface area contributed by atoms with Crippen molar-refractivity contribution in [3.8, 4) is 0 Å². The molecule has 2 saturated heterocycles. The normalized spacial score (nSPS) is 21.1. The molecule has 168 valence electrons. The van der Waals surface area contributed by atoms with Crippen LogP contribution in [-0.2, 0) is 22.4 Å². The monoisotopic (exact) mass is 434 g/mol. The van der Waals surface area contributed by atoms with E-state index in [-0.39, 0.29) is 17.7 Å². The number of aromatic nitrogens is 2. The first-order chi connectivity index (χ1) is 15.7. The van der Waals surface area contributed by atoms with Crippen LogP contribution in [0.15, 0.2) is 36.7 Å². The number of amides is 2. The molecule has 8 nitrogen and oxygen atoms in total. The van der Waals surface area contributed by atoms with Crippen LogP contribution in [0.1, 0.15) is 24.0 Å². The summed E-state index contributed by atoms with van der Waals surface area (Å²) in [5, 5.41) is 3.05. The average molecular weight is 435 g/mol. The van der Waals surface area contributed by atoms with E-state index in [1.54, 1.807) is 17.3 Å². The predicted molar refractivity (Wildman–Crippen MR) is 123 cm³/mol. The second-order valence-electron chi connectivity index (χ2n) is 8.88. The molecule has 1 atom stereocenters. The van der Waals surface area contributed by atoms with Gasteiger partial charge in [0.25, 0.3) is 0 Å². The van der Waals surface area contributed by atoms with Gasteiger partial charge in [0.05, 0.1) is 5.92 Å². The number of nitrogens with one attached hydrogen (secondary N) is 1. The molecule has 2 fully saturated rings. The highest BCUT2D eigenvalue weighted by Crippen LogP contribution is 2.30. The molecule has 5 rings (SSSR count). The number of aryl methyl sites for hydroxylation is 2. The van der Waals surface area contributed by atoms with Gasteiger partial charge in [0.1, 0.15) is 0 Å². The SMILES string of the molecule is O=C(NCCN1CCN(c2ncccn2)CC1)C1CC(=O)N(c2ccc3c(c2)CCC3)C1. The summed E-state index contributed by atoms with van der Waals surface area (Å²) in [5.74, 6) is 0.530. The van der Waals surface area contributed by atoms with Crippen LogP contribution in [0.3, 0.4) is 0 Å². The summed E-state index contributed by atoms with van der Waals surface area (Å²) >= 11 is 0. The van der Waals surface area contributed by atoms with E-state index in [1.165, 1.54) is 17.5 Å². The molecule has 0 spiro atoms. The van der Waals surface area contributed by atoms with Crippen LogP contribution in [-0.4, -0.2) is 72.5 Å². The number of nitrogens with zero attached hydrogens (tertiary/aromatic N) is 5. The largest absolute Gasteiger partial charge is 0.355 e. The Balaban J connectivity index is 1.07. The second kappa shape index (κ2) is 9.24. The maximum atomic E-state index is 12.7. The summed E-state index contributed by atoms with van der Waals surface area (Å²) < 4.78 is 0. The van der Waals surface area contributed by atoms with Gasteiger partial charge in [0.15, 0.2) is 0 Å². The van der Waals surface area contributed by atoms with Gasteiger partial charge < -0.3 is 15.1 Å². The first kappa shape index (κ1) is 20.9. The number of benzene rings is 1. The molecule has 0 bridgehead atoms. The third-order valence-corrected chi connectivity index (χ3v) is 6.82. The minimum Gasteiger partial charge on any atom is -0.355 e. The van der Waals surface area contributed by atoms with Crippen LogP contribution < -0.4 is 15.1 Å². The molecule has 8 heteroatoms. The lowest BCUT2D eigenvalue weighted by molar-refractivity contribution is -0.126. The van der Waals surface area contributed by atoms with E-state index in [1.807, 2.05) is 12.1 Å². The molecule has 1 N–H and O–H groups in total. The van der Waals surface area contributed by atoms with Crippen LogP contribution >= 0.6 is 0 Å². The molecule has 1 aliphatic carbocycles. The Hall–Kier alpha value is -3.00. The summed E-state index contributed by atoms with van der Waals surface area (Å²) in [4.78, 5) is 40.2. The Labute approximate surface area is 188 Å². The number of hydrogen-bond acceptors (Lipinski definition) is 6. The Kier molecular flexibility index (Phi) is 6.03. The predicted octanol–water partition coefficient (Wildman–Crippen LogP) is 1.26. The molecule has 1 aromatic heterocycles. The van der Waals surface area contributed by atoms with Crippen molar-refractivity contribution in [2.24, 2.45) is 5.92 Å². The van der Waals surface area contributed by atoms with Gasteiger partial charge in [-0.2, -0.15) is 0 Å². The zero-order chi connectivity index (χ0) is 21.9. The molecule has 2 aromatic rings. The summed E-state index contributed by atoms with van der Waals surface area (Å²) in [7, 11) is 0. The molecule has 0 radical (unpaired) electrons. The summed E-state index contributed by atoms with van der Waals surface area (Å²) in [6.07, 6.45) is 7.23. The quantitative estimate of drug-likeness (QED) is 0.737. The van der Waals surface area contributed by atoms with Crippen LogP contribution in [0.4, 0.5) is 11.6 Å². The average Bonchev–Trinajstić information content (AvgIpc) is 3.46. The summed E-state index contributed by atoms with van der Waals surface area (Å²) in [5.41, 5.74) is 3.68. The Morgan fingerprint density at radius 3 is 2.66 bits per heavy atom. The summed E-state index contributed by atoms with van der Waals surface area (Å²) in [6.45, 7) is 5.48. The fourth-order valence-corrected chi connectivity index (χ4v) is 4.97. The fraction of sp³-hybridized carbons (Fsp3) is 0.500. The van der Waals surface area contributed by atoms with E-state index in [2.05, 4.69) is 37.2 Å². The van der Waals surface area contributed by atoms with Crippen LogP contribution in [0.2, 0.25) is 0 Å². The Morgan fingerprint density at radius 1 is 1.06 bits per heavy atom. The van der Waals surface area contributed by atoms with Gasteiger partial charge in [-0.1, -0.05) is 6.07 Å². The number of piperazine rings is 1. The third kappa shape index (κ3) is 4.46. The van der Waals surface area contributed by atoms with Gasteiger partial charge in [-0.15, -0.1) is 0 Å². The zero-order valence-electron chi connectivity index (χ0n) is 18.4. The zero-order valence-corrected chi connectivity index (χ0v) is 18.4. The maximum Gasteiger partial charge on any atom is 0.227 e. The van der Waals surface area contributed by atoms with Crippen LogP contribution in [0, 0.1) is 5.92 Å². The van der Waals surface area contributed by atoms with Gasteiger partial charge in [-0.25, -0.2) is 9.97 Å². The number of fused-ring (bicyclic) bond motifs is 1. The highest BCUT2D eigenvalue weighted by atomic mass is 16.2. The number of carbonyl (C=O) groups is 2. The highest BCUT2D eigenvalue weighted by Gasteiger charge is 2.35. The minimum absolute atomic E-state index is 0.0154. The first-order valence-corrected chi connectivity index (χ1v) is 11.6. The van der Waals surface area contributed by atoms with Crippen LogP contribution in [0.25, 0.3) is 0 Å². The molecule has 1 aromatic carbocycles. The standard InChI is InChI=1S/C24H30N6O2/c31-22-16-20(17-30(22)21-6-5-18-3-1-4-19(18)15-21)23(32)25-9-10-28-11-13-29(14-12-28)24-26-7-2-8-27-24/h2,5-8,15,20H,1,3-4,9-14,16-17H2,(H,25,32). The summed E-state index contributed by atoms with van der Waals surface area (Å²) in [6, 6.07) is 8.14. The van der Waals surface area contributed by atoms with Crippen molar-refractivity contribution in [2.45, 2.75) is 25.7 Å². The second-order valence-corrected chi connectivity index (χ2v) is 8.88. The lowest BCUT2D eigenvalue weighted by atomic mass is 10.1. The number of hydrogen-bond donors (Lipinski definition) is 1. The van der Waals surface area contributed by atoms with Crippen molar-refractivity contribution in [3.63, 3.8) is 0 Å². The van der Waals surface area contributed by atoms with Crippen molar-refractivity contribution in [2.75, 3.05) is 55.6 Å². The van der Waals surface area contributed by atoms with Crippen molar-refractivity contribution in [1.82, 2.24) is 20.2 Å². The lowest BCUT2D eigenvalue weighted by Crippen LogP contribution is -2.49. The topological polar surface area (TPSA) is 81.7 Å². The van der Waals surface area contributed by atoms with Crippen molar-refractivity contribution < 1.29 is 9.59 Å². The van der Waals surface area contributed by atoms with E-state index in [4.69, 9.17) is 0 Å². The van der Waals surface area contributed by atoms with Gasteiger partial charge in [-0.05, 0) is 48.6 Å². The molecule has 1 unspecified atom stereocenters. The fourth-order valence-electron chi connectivity index (χ4n) is 4.97. The van der Waals surface area contributed by atoms with E-state index >= 15 is 0 Å². The molecular formula is C24H30N6O2. The molecular weight excluding hydrogens is 404 g/mol. The van der Waals surface area contributed by atoms with Crippen molar-refractivity contribution in [1.29, 1.82) is 0 Å². The first-order valence-electron chi connectivity index (χ1n) is 11.6. The Morgan fingerprint density at radius 2 is 1.84 bits per heavy atom. The van der Waals surface area contributed by atoms with Crippen LogP contribution in [0.5, 0.6) is 0 Å². The molecule has 2 amide bonds. The molecule has 3 aliphatic rings.